The topological polar surface area (TPSA) is 80.1 Å². The monoisotopic (exact) mass is 349 g/mol. The van der Waals surface area contributed by atoms with E-state index in [4.69, 9.17) is 0 Å². The van der Waals surface area contributed by atoms with E-state index in [1.165, 1.54) is 0 Å². The van der Waals surface area contributed by atoms with Crippen molar-refractivity contribution in [3.63, 3.8) is 0 Å². The summed E-state index contributed by atoms with van der Waals surface area (Å²) in [5, 5.41) is 11.5. The van der Waals surface area contributed by atoms with Crippen molar-refractivity contribution in [2.75, 3.05) is 19.6 Å². The lowest BCUT2D eigenvalue weighted by molar-refractivity contribution is 0.305. The summed E-state index contributed by atoms with van der Waals surface area (Å²) in [7, 11) is -3.13. The SMILES string of the molecule is CC(C)S(=O)(=O)N1CCC(c2nnc3n2CCNC3)CC1.Cl. The summed E-state index contributed by atoms with van der Waals surface area (Å²) in [6.45, 7) is 7.28. The molecule has 1 aromatic rings. The minimum Gasteiger partial charge on any atom is -0.312 e. The van der Waals surface area contributed by atoms with Gasteiger partial charge < -0.3 is 9.88 Å². The first-order chi connectivity index (χ1) is 10.00. The normalized spacial score (nSPS) is 20.7. The zero-order valence-electron chi connectivity index (χ0n) is 13.0. The number of fused-ring (bicyclic) bond motifs is 1. The van der Waals surface area contributed by atoms with E-state index in [0.29, 0.717) is 19.0 Å². The first-order valence-electron chi connectivity index (χ1n) is 7.62. The second kappa shape index (κ2) is 6.82. The van der Waals surface area contributed by atoms with Crippen LogP contribution in [0.25, 0.3) is 0 Å². The maximum atomic E-state index is 12.2. The van der Waals surface area contributed by atoms with Gasteiger partial charge in [0, 0.05) is 32.1 Å². The Morgan fingerprint density at radius 1 is 1.18 bits per heavy atom. The van der Waals surface area contributed by atoms with E-state index < -0.39 is 10.0 Å². The molecular formula is C13H24ClN5O2S. The molecular weight excluding hydrogens is 326 g/mol. The molecule has 3 rings (SSSR count). The van der Waals surface area contributed by atoms with Crippen LogP contribution in [0.5, 0.6) is 0 Å². The van der Waals surface area contributed by atoms with Crippen LogP contribution in [-0.2, 0) is 23.1 Å². The lowest BCUT2D eigenvalue weighted by Crippen LogP contribution is -2.42. The number of hydrogen-bond donors (Lipinski definition) is 1. The van der Waals surface area contributed by atoms with E-state index in [1.807, 2.05) is 0 Å². The molecule has 1 fully saturated rings. The molecule has 126 valence electrons. The van der Waals surface area contributed by atoms with Crippen LogP contribution in [0.2, 0.25) is 0 Å². The molecule has 22 heavy (non-hydrogen) atoms. The van der Waals surface area contributed by atoms with Crippen LogP contribution < -0.4 is 5.32 Å². The number of rotatable bonds is 3. The Morgan fingerprint density at radius 3 is 2.50 bits per heavy atom. The molecule has 0 radical (unpaired) electrons. The molecule has 0 aromatic carbocycles. The van der Waals surface area contributed by atoms with Crippen LogP contribution in [0.3, 0.4) is 0 Å². The molecule has 9 heteroatoms. The van der Waals surface area contributed by atoms with E-state index in [-0.39, 0.29) is 17.7 Å². The van der Waals surface area contributed by atoms with Crippen molar-refractivity contribution >= 4 is 22.4 Å². The van der Waals surface area contributed by atoms with E-state index >= 15 is 0 Å². The summed E-state index contributed by atoms with van der Waals surface area (Å²) in [4.78, 5) is 0. The number of halogens is 1. The Hall–Kier alpha value is -0.700. The summed E-state index contributed by atoms with van der Waals surface area (Å²) >= 11 is 0. The average molecular weight is 350 g/mol. The van der Waals surface area contributed by atoms with Crippen LogP contribution in [0, 0.1) is 0 Å². The quantitative estimate of drug-likeness (QED) is 0.869. The van der Waals surface area contributed by atoms with Gasteiger partial charge in [0.2, 0.25) is 10.0 Å². The average Bonchev–Trinajstić information content (AvgIpc) is 2.91. The van der Waals surface area contributed by atoms with Gasteiger partial charge in [-0.3, -0.25) is 0 Å². The summed E-state index contributed by atoms with van der Waals surface area (Å²) in [6.07, 6.45) is 1.66. The maximum absolute atomic E-state index is 12.2. The largest absolute Gasteiger partial charge is 0.312 e. The Morgan fingerprint density at radius 2 is 1.86 bits per heavy atom. The zero-order valence-corrected chi connectivity index (χ0v) is 14.7. The third-order valence-electron chi connectivity index (χ3n) is 4.43. The molecule has 0 spiro atoms. The minimum absolute atomic E-state index is 0. The highest BCUT2D eigenvalue weighted by Gasteiger charge is 2.33. The number of piperidine rings is 1. The summed E-state index contributed by atoms with van der Waals surface area (Å²) < 4.78 is 28.2. The van der Waals surface area contributed by atoms with E-state index in [2.05, 4.69) is 20.1 Å². The van der Waals surface area contributed by atoms with Gasteiger partial charge in [-0.15, -0.1) is 22.6 Å². The predicted octanol–water partition coefficient (Wildman–Crippen LogP) is 0.721. The molecule has 0 saturated carbocycles. The second-order valence-corrected chi connectivity index (χ2v) is 8.56. The van der Waals surface area contributed by atoms with Gasteiger partial charge in [0.25, 0.3) is 0 Å². The smallest absolute Gasteiger partial charge is 0.216 e. The molecule has 0 unspecified atom stereocenters. The van der Waals surface area contributed by atoms with Crippen LogP contribution in [0.1, 0.15) is 44.3 Å². The van der Waals surface area contributed by atoms with Crippen LogP contribution >= 0.6 is 12.4 Å². The van der Waals surface area contributed by atoms with Crippen molar-refractivity contribution in [2.24, 2.45) is 0 Å². The molecule has 7 nitrogen and oxygen atoms in total. The lowest BCUT2D eigenvalue weighted by atomic mass is 9.97. The Kier molecular flexibility index (Phi) is 5.47. The van der Waals surface area contributed by atoms with Crippen LogP contribution in [0.4, 0.5) is 0 Å². The second-order valence-electron chi connectivity index (χ2n) is 6.07. The van der Waals surface area contributed by atoms with Crippen LogP contribution in [-0.4, -0.2) is 52.4 Å². The van der Waals surface area contributed by atoms with Crippen molar-refractivity contribution < 1.29 is 8.42 Å². The maximum Gasteiger partial charge on any atom is 0.216 e. The van der Waals surface area contributed by atoms with E-state index in [0.717, 1.165) is 44.1 Å². The highest BCUT2D eigenvalue weighted by molar-refractivity contribution is 7.89. The number of hydrogen-bond acceptors (Lipinski definition) is 5. The molecule has 1 saturated heterocycles. The van der Waals surface area contributed by atoms with Gasteiger partial charge in [-0.1, -0.05) is 0 Å². The van der Waals surface area contributed by atoms with Gasteiger partial charge >= 0.3 is 0 Å². The lowest BCUT2D eigenvalue weighted by Gasteiger charge is -2.32. The summed E-state index contributed by atoms with van der Waals surface area (Å²) in [6, 6.07) is 0. The molecule has 2 aliphatic heterocycles. The van der Waals surface area contributed by atoms with Gasteiger partial charge in [-0.2, -0.15) is 0 Å². The van der Waals surface area contributed by atoms with Crippen LogP contribution in [0.15, 0.2) is 0 Å². The molecule has 2 aliphatic rings. The number of nitrogens with zero attached hydrogens (tertiary/aromatic N) is 4. The van der Waals surface area contributed by atoms with Gasteiger partial charge in [-0.05, 0) is 26.7 Å². The molecule has 3 heterocycles. The first kappa shape index (κ1) is 17.7. The van der Waals surface area contributed by atoms with Crippen molar-refractivity contribution in [3.05, 3.63) is 11.6 Å². The van der Waals surface area contributed by atoms with Gasteiger partial charge in [0.05, 0.1) is 11.8 Å². The molecule has 1 N–H and O–H groups in total. The molecule has 1 aromatic heterocycles. The summed E-state index contributed by atoms with van der Waals surface area (Å²) in [5.74, 6) is 2.35. The first-order valence-corrected chi connectivity index (χ1v) is 9.12. The number of aromatic nitrogens is 3. The standard InChI is InChI=1S/C13H23N5O2S.ClH/c1-10(2)21(19,20)17-6-3-11(4-7-17)13-16-15-12-9-14-5-8-18(12)13;/h10-11,14H,3-9H2,1-2H3;1H. The van der Waals surface area contributed by atoms with E-state index in [9.17, 15) is 8.42 Å². The third-order valence-corrected chi connectivity index (χ3v) is 6.70. The predicted molar refractivity (Wildman–Crippen MR) is 86.6 cm³/mol. The van der Waals surface area contributed by atoms with Crippen molar-refractivity contribution in [1.82, 2.24) is 24.4 Å². The van der Waals surface area contributed by atoms with Gasteiger partial charge in [0.1, 0.15) is 11.6 Å². The zero-order chi connectivity index (χ0) is 15.0. The van der Waals surface area contributed by atoms with Crippen molar-refractivity contribution in [3.8, 4) is 0 Å². The fraction of sp³-hybridized carbons (Fsp3) is 0.846. The fourth-order valence-corrected chi connectivity index (χ4v) is 4.40. The highest BCUT2D eigenvalue weighted by Crippen LogP contribution is 2.29. The van der Waals surface area contributed by atoms with Crippen molar-refractivity contribution in [1.29, 1.82) is 0 Å². The minimum atomic E-state index is -3.13. The molecule has 0 bridgehead atoms. The van der Waals surface area contributed by atoms with Gasteiger partial charge in [0.15, 0.2) is 0 Å². The Balaban J connectivity index is 0.00000176. The van der Waals surface area contributed by atoms with Gasteiger partial charge in [-0.25, -0.2) is 12.7 Å². The fourth-order valence-electron chi connectivity index (χ4n) is 3.08. The number of nitrogens with one attached hydrogen (secondary N) is 1. The Labute approximate surface area is 137 Å². The molecule has 0 aliphatic carbocycles. The number of sulfonamides is 1. The molecule has 0 amide bonds. The molecule has 0 atom stereocenters. The third kappa shape index (κ3) is 3.15. The van der Waals surface area contributed by atoms with E-state index in [1.54, 1.807) is 18.2 Å². The Bertz CT molecular complexity index is 608. The summed E-state index contributed by atoms with van der Waals surface area (Å²) in [5.41, 5.74) is 0. The van der Waals surface area contributed by atoms with Crippen molar-refractivity contribution in [2.45, 2.75) is 50.9 Å². The highest BCUT2D eigenvalue weighted by atomic mass is 35.5.